The molecule has 4 aliphatic heterocycles. The Morgan fingerprint density at radius 2 is 1.57 bits per heavy atom. The van der Waals surface area contributed by atoms with Crippen LogP contribution in [0.2, 0.25) is 10.0 Å². The molecule has 14 nitrogen and oxygen atoms in total. The van der Waals surface area contributed by atoms with Crippen molar-refractivity contribution in [1.82, 2.24) is 14.5 Å². The third-order valence-electron chi connectivity index (χ3n) is 12.9. The van der Waals surface area contributed by atoms with E-state index in [2.05, 4.69) is 10.2 Å². The van der Waals surface area contributed by atoms with Crippen molar-refractivity contribution in [2.24, 2.45) is 5.92 Å². The number of carboxylic acids is 1. The number of carboxylic acid groups (broad SMARTS) is 1. The van der Waals surface area contributed by atoms with Gasteiger partial charge in [-0.15, -0.1) is 0 Å². The number of nitrogens with one attached hydrogen (secondary N) is 1. The number of methoxy groups -OCH3 is 2. The van der Waals surface area contributed by atoms with Crippen LogP contribution in [0.5, 0.6) is 17.2 Å². The highest BCUT2D eigenvalue weighted by Gasteiger charge is 2.58. The smallest absolute Gasteiger partial charge is 0.408 e. The molecule has 9 rings (SSSR count). The fourth-order valence-corrected chi connectivity index (χ4v) is 12.0. The molecule has 342 valence electrons. The molecule has 4 saturated heterocycles. The summed E-state index contributed by atoms with van der Waals surface area (Å²) >= 11 is 13.1. The van der Waals surface area contributed by atoms with E-state index in [1.165, 1.54) is 26.4 Å². The zero-order valence-electron chi connectivity index (χ0n) is 35.9. The van der Waals surface area contributed by atoms with Crippen molar-refractivity contribution >= 4 is 45.3 Å². The van der Waals surface area contributed by atoms with E-state index < -0.39 is 39.6 Å². The fourth-order valence-electron chi connectivity index (χ4n) is 9.60. The van der Waals surface area contributed by atoms with Gasteiger partial charge in [0.25, 0.3) is 0 Å². The first-order chi connectivity index (χ1) is 31.3. The molecule has 2 N–H and O–H groups in total. The SMILES string of the molecule is COc1ccc(C(Cc2c(Cl)c[n+]([O-])cc2Cl)[C@]2(C(=O)O)CCCN2S(=O)(=O)c2ccc(COc3cccc([C@@H](NC(=O)O[C@H]4CN5CCC4CC5)c4ccccc4)c3)cc2)cc1OC. The van der Waals surface area contributed by atoms with Gasteiger partial charge in [0, 0.05) is 24.6 Å². The summed E-state index contributed by atoms with van der Waals surface area (Å²) in [7, 11) is -1.54. The van der Waals surface area contributed by atoms with Gasteiger partial charge >= 0.3 is 12.1 Å². The van der Waals surface area contributed by atoms with Gasteiger partial charge in [-0.2, -0.15) is 9.04 Å². The molecule has 1 aromatic heterocycles. The lowest BCUT2D eigenvalue weighted by Gasteiger charge is -2.43. The number of rotatable bonds is 16. The molecule has 4 fully saturated rings. The first-order valence-electron chi connectivity index (χ1n) is 21.4. The fraction of sp³-hybridized carbons (Fsp3) is 0.354. The van der Waals surface area contributed by atoms with Crippen molar-refractivity contribution in [2.75, 3.05) is 40.4 Å². The van der Waals surface area contributed by atoms with Gasteiger partial charge in [0.2, 0.25) is 10.0 Å². The highest BCUT2D eigenvalue weighted by molar-refractivity contribution is 7.89. The number of ether oxygens (including phenoxy) is 4. The molecule has 5 heterocycles. The second-order valence-corrected chi connectivity index (χ2v) is 19.3. The number of fused-ring (bicyclic) bond motifs is 3. The summed E-state index contributed by atoms with van der Waals surface area (Å²) in [5.41, 5.74) is 1.02. The van der Waals surface area contributed by atoms with Crippen LogP contribution < -0.4 is 24.3 Å². The zero-order chi connectivity index (χ0) is 45.9. The summed E-state index contributed by atoms with van der Waals surface area (Å²) in [6.45, 7) is 2.84. The Kier molecular flexibility index (Phi) is 13.8. The summed E-state index contributed by atoms with van der Waals surface area (Å²) in [4.78, 5) is 29.4. The van der Waals surface area contributed by atoms with Crippen LogP contribution in [-0.2, 0) is 32.6 Å². The largest absolute Gasteiger partial charge is 0.619 e. The summed E-state index contributed by atoms with van der Waals surface area (Å²) in [5, 5.41) is 26.5. The highest BCUT2D eigenvalue weighted by atomic mass is 35.5. The van der Waals surface area contributed by atoms with Crippen molar-refractivity contribution < 1.29 is 46.8 Å². The number of aliphatic carboxylic acids is 1. The maximum atomic E-state index is 14.7. The lowest BCUT2D eigenvalue weighted by Crippen LogP contribution is -2.57. The average molecular weight is 946 g/mol. The van der Waals surface area contributed by atoms with E-state index in [0.717, 1.165) is 60.3 Å². The van der Waals surface area contributed by atoms with Crippen molar-refractivity contribution in [3.8, 4) is 17.2 Å². The van der Waals surface area contributed by atoms with Gasteiger partial charge in [0.1, 0.15) is 34.0 Å². The van der Waals surface area contributed by atoms with Gasteiger partial charge in [0.15, 0.2) is 23.9 Å². The van der Waals surface area contributed by atoms with Gasteiger partial charge in [0.05, 0.1) is 25.2 Å². The van der Waals surface area contributed by atoms with E-state index in [4.69, 9.17) is 42.1 Å². The normalized spacial score (nSPS) is 21.6. The molecule has 17 heteroatoms. The maximum absolute atomic E-state index is 14.7. The Hall–Kier alpha value is -5.58. The van der Waals surface area contributed by atoms with E-state index in [1.54, 1.807) is 36.4 Å². The number of hydrogen-bond donors (Lipinski definition) is 2. The van der Waals surface area contributed by atoms with Crippen molar-refractivity contribution in [1.29, 1.82) is 0 Å². The topological polar surface area (TPSA) is 171 Å². The third-order valence-corrected chi connectivity index (χ3v) is 15.6. The van der Waals surface area contributed by atoms with Crippen LogP contribution in [-0.4, -0.2) is 86.8 Å². The minimum Gasteiger partial charge on any atom is -0.619 e. The Bertz CT molecular complexity index is 2610. The molecule has 4 aromatic carbocycles. The molecule has 0 radical (unpaired) electrons. The standard InChI is InChI=1S/C48H50Cl2N4O10S/c1-61-42-17-14-34(25-43(42)62-2)39(26-38-40(49)27-53(58)28-41(38)50)48(46(55)56)20-7-21-54(48)65(59,60)37-15-12-31(13-16-37)30-63-36-11-6-10-35(24-36)45(33-8-4-3-5-9-33)51-47(57)64-44-29-52-22-18-32(44)19-23-52/h3-6,8-17,24-25,27-28,32,39,44-45H,7,18-23,26,29-30H2,1-2H3,(H,51,57)(H,55,56)/t39?,44-,45-,48-/m0/s1. The number of amides is 1. The van der Waals surface area contributed by atoms with E-state index in [-0.39, 0.29) is 59.0 Å². The number of pyridine rings is 1. The molecule has 4 atom stereocenters. The summed E-state index contributed by atoms with van der Waals surface area (Å²) in [6, 6.07) is 27.6. The van der Waals surface area contributed by atoms with Crippen LogP contribution in [0.15, 0.2) is 114 Å². The van der Waals surface area contributed by atoms with Crippen LogP contribution in [0.25, 0.3) is 0 Å². The molecule has 65 heavy (non-hydrogen) atoms. The van der Waals surface area contributed by atoms with Crippen LogP contribution in [0, 0.1) is 11.1 Å². The third kappa shape index (κ3) is 9.57. The molecule has 4 aliphatic rings. The van der Waals surface area contributed by atoms with E-state index >= 15 is 0 Å². The van der Waals surface area contributed by atoms with Crippen molar-refractivity contribution in [3.05, 3.63) is 153 Å². The lowest BCUT2D eigenvalue weighted by atomic mass is 9.74. The molecule has 1 amide bonds. The number of nitrogens with zero attached hydrogens (tertiary/aromatic N) is 3. The molecular formula is C48H50Cl2N4O10S. The predicted octanol–water partition coefficient (Wildman–Crippen LogP) is 7.77. The predicted molar refractivity (Wildman–Crippen MR) is 243 cm³/mol. The van der Waals surface area contributed by atoms with Gasteiger partial charge < -0.3 is 34.6 Å². The van der Waals surface area contributed by atoms with Crippen LogP contribution in [0.1, 0.15) is 65.5 Å². The minimum atomic E-state index is -4.45. The number of benzene rings is 4. The van der Waals surface area contributed by atoms with Crippen molar-refractivity contribution in [2.45, 2.75) is 67.2 Å². The molecule has 0 aliphatic carbocycles. The lowest BCUT2D eigenvalue weighted by molar-refractivity contribution is -0.605. The number of alkyl carbamates (subject to hydrolysis) is 1. The highest BCUT2D eigenvalue weighted by Crippen LogP contribution is 2.49. The average Bonchev–Trinajstić information content (AvgIpc) is 3.78. The molecule has 0 spiro atoms. The number of piperidine rings is 3. The van der Waals surface area contributed by atoms with E-state index in [0.29, 0.717) is 39.0 Å². The molecule has 1 unspecified atom stereocenters. The van der Waals surface area contributed by atoms with Crippen molar-refractivity contribution in [3.63, 3.8) is 0 Å². The monoisotopic (exact) mass is 944 g/mol. The number of hydrogen-bond acceptors (Lipinski definition) is 10. The Morgan fingerprint density at radius 3 is 2.22 bits per heavy atom. The quantitative estimate of drug-likeness (QED) is 0.0732. The molecule has 5 aromatic rings. The molecular weight excluding hydrogens is 896 g/mol. The second kappa shape index (κ2) is 19.5. The summed E-state index contributed by atoms with van der Waals surface area (Å²) in [5.74, 6) is -0.828. The Balaban J connectivity index is 1.02. The van der Waals surface area contributed by atoms with Gasteiger partial charge in [-0.3, -0.25) is 9.69 Å². The number of halogens is 2. The van der Waals surface area contributed by atoms with Gasteiger partial charge in [-0.1, -0.05) is 83.9 Å². The summed E-state index contributed by atoms with van der Waals surface area (Å²) < 4.78 is 54.2. The Morgan fingerprint density at radius 1 is 0.877 bits per heavy atom. The first kappa shape index (κ1) is 46.0. The molecule has 0 saturated carbocycles. The number of carbonyl (C=O) groups excluding carboxylic acids is 1. The number of sulfonamides is 1. The van der Waals surface area contributed by atoms with Gasteiger partial charge in [-0.25, -0.2) is 13.2 Å². The number of aromatic nitrogens is 1. The van der Waals surface area contributed by atoms with Gasteiger partial charge in [-0.05, 0) is 110 Å². The minimum absolute atomic E-state index is 0.00250. The second-order valence-electron chi connectivity index (χ2n) is 16.6. The van der Waals surface area contributed by atoms with Crippen LogP contribution in [0.4, 0.5) is 4.79 Å². The summed E-state index contributed by atoms with van der Waals surface area (Å²) in [6.07, 6.45) is 3.75. The Labute approximate surface area is 388 Å². The zero-order valence-corrected chi connectivity index (χ0v) is 38.2. The maximum Gasteiger partial charge on any atom is 0.408 e. The molecule has 2 bridgehead atoms. The number of carbonyl (C=O) groups is 2. The van der Waals surface area contributed by atoms with E-state index in [9.17, 15) is 28.3 Å². The van der Waals surface area contributed by atoms with E-state index in [1.807, 2.05) is 48.5 Å². The van der Waals surface area contributed by atoms with Crippen LogP contribution in [0.3, 0.4) is 0 Å². The first-order valence-corrected chi connectivity index (χ1v) is 23.6. The van der Waals surface area contributed by atoms with Crippen LogP contribution >= 0.6 is 23.2 Å².